The van der Waals surface area contributed by atoms with Gasteiger partial charge in [0, 0.05) is 6.42 Å². The number of unbranched alkanes of at least 4 members (excludes halogenated alkanes) is 13. The Balaban J connectivity index is 4.17. The highest BCUT2D eigenvalue weighted by Crippen LogP contribution is 2.25. The minimum Gasteiger partial charge on any atom is -0.790 e. The molecule has 0 spiro atoms. The second-order valence-corrected chi connectivity index (χ2v) is 10.3. The quantitative estimate of drug-likeness (QED) is 0.145. The van der Waals surface area contributed by atoms with E-state index in [9.17, 15) is 29.4 Å². The molecule has 0 radical (unpaired) electrons. The standard InChI is InChI=1S/C24H50NO7P/c1-3-5-7-8-9-10-11-12-13-14-15-17-18-22(26)24(28)21(20-32-33(29,30)31)25-23(27)19-16-6-4-2/h21-22,24,26,28H,3-20H2,1-2H3,(H,25,27)(H2,29,30,31)/p-2/t21-,22+,24-/m0/s1. The van der Waals surface area contributed by atoms with Crippen LogP contribution >= 0.6 is 7.82 Å². The molecule has 3 atom stereocenters. The molecule has 33 heavy (non-hydrogen) atoms. The summed E-state index contributed by atoms with van der Waals surface area (Å²) in [6, 6.07) is -1.16. The second-order valence-electron chi connectivity index (χ2n) is 9.11. The second kappa shape index (κ2) is 20.8. The van der Waals surface area contributed by atoms with Crippen LogP contribution in [-0.2, 0) is 13.9 Å². The topological polar surface area (TPSA) is 142 Å². The highest BCUT2D eigenvalue weighted by molar-refractivity contribution is 7.43. The van der Waals surface area contributed by atoms with E-state index in [-0.39, 0.29) is 12.3 Å². The molecule has 0 saturated heterocycles. The molecule has 0 aromatic carbocycles. The first-order chi connectivity index (χ1) is 15.7. The average molecular weight is 494 g/mol. The maximum Gasteiger partial charge on any atom is 0.220 e. The van der Waals surface area contributed by atoms with Gasteiger partial charge in [-0.05, 0) is 12.8 Å². The smallest absolute Gasteiger partial charge is 0.220 e. The predicted octanol–water partition coefficient (Wildman–Crippen LogP) is 3.71. The number of nitrogens with one attached hydrogen (secondary N) is 1. The molecule has 8 nitrogen and oxygen atoms in total. The molecule has 0 saturated carbocycles. The van der Waals surface area contributed by atoms with Gasteiger partial charge in [0.25, 0.3) is 0 Å². The van der Waals surface area contributed by atoms with Crippen LogP contribution < -0.4 is 15.1 Å². The van der Waals surface area contributed by atoms with Crippen molar-refractivity contribution in [2.24, 2.45) is 0 Å². The van der Waals surface area contributed by atoms with Crippen molar-refractivity contribution in [2.75, 3.05) is 6.61 Å². The Bertz CT molecular complexity index is 515. The molecule has 0 aromatic rings. The maximum absolute atomic E-state index is 12.1. The Morgan fingerprint density at radius 1 is 0.818 bits per heavy atom. The van der Waals surface area contributed by atoms with Crippen molar-refractivity contribution in [1.82, 2.24) is 5.32 Å². The van der Waals surface area contributed by atoms with Crippen molar-refractivity contribution in [3.05, 3.63) is 0 Å². The lowest BCUT2D eigenvalue weighted by atomic mass is 9.99. The van der Waals surface area contributed by atoms with Crippen LogP contribution in [0.25, 0.3) is 0 Å². The number of amides is 1. The van der Waals surface area contributed by atoms with Crippen LogP contribution in [0.2, 0.25) is 0 Å². The zero-order valence-corrected chi connectivity index (χ0v) is 21.7. The zero-order valence-electron chi connectivity index (χ0n) is 20.8. The van der Waals surface area contributed by atoms with Crippen molar-refractivity contribution >= 4 is 13.7 Å². The molecular formula is C24H48NO7P-2. The summed E-state index contributed by atoms with van der Waals surface area (Å²) in [6.07, 6.45) is 14.7. The average Bonchev–Trinajstić information content (AvgIpc) is 2.76. The molecule has 9 heteroatoms. The Kier molecular flexibility index (Phi) is 20.5. The van der Waals surface area contributed by atoms with Gasteiger partial charge in [0.15, 0.2) is 0 Å². The van der Waals surface area contributed by atoms with Gasteiger partial charge in [0.1, 0.15) is 6.10 Å². The molecule has 0 aliphatic carbocycles. The van der Waals surface area contributed by atoms with Gasteiger partial charge in [0.2, 0.25) is 5.91 Å². The third-order valence-electron chi connectivity index (χ3n) is 5.93. The van der Waals surface area contributed by atoms with Gasteiger partial charge in [-0.25, -0.2) is 0 Å². The summed E-state index contributed by atoms with van der Waals surface area (Å²) in [7, 11) is -5.25. The van der Waals surface area contributed by atoms with Gasteiger partial charge >= 0.3 is 0 Å². The summed E-state index contributed by atoms with van der Waals surface area (Å²) in [4.78, 5) is 33.7. The molecular weight excluding hydrogens is 445 g/mol. The SMILES string of the molecule is CCCCCCCCCCCCCC[C@@H](O)[C@@H](O)[C@H](COP(=O)([O-])[O-])NC(=O)CCCCC. The fourth-order valence-corrected chi connectivity index (χ4v) is 4.19. The van der Waals surface area contributed by atoms with E-state index in [1.807, 2.05) is 6.92 Å². The molecule has 0 aromatic heterocycles. The highest BCUT2D eigenvalue weighted by atomic mass is 31.2. The van der Waals surface area contributed by atoms with Crippen LogP contribution in [0, 0.1) is 0 Å². The van der Waals surface area contributed by atoms with E-state index in [0.29, 0.717) is 12.8 Å². The summed E-state index contributed by atoms with van der Waals surface area (Å²) in [5, 5.41) is 23.3. The van der Waals surface area contributed by atoms with Crippen LogP contribution in [-0.4, -0.2) is 41.0 Å². The van der Waals surface area contributed by atoms with Crippen molar-refractivity contribution in [3.8, 4) is 0 Å². The van der Waals surface area contributed by atoms with Gasteiger partial charge in [-0.1, -0.05) is 104 Å². The lowest BCUT2D eigenvalue weighted by Crippen LogP contribution is -2.51. The van der Waals surface area contributed by atoms with E-state index in [0.717, 1.165) is 38.5 Å². The number of carbonyl (C=O) groups is 1. The van der Waals surface area contributed by atoms with E-state index < -0.39 is 32.7 Å². The fourth-order valence-electron chi connectivity index (χ4n) is 3.85. The molecule has 0 unspecified atom stereocenters. The molecule has 0 heterocycles. The minimum absolute atomic E-state index is 0.221. The van der Waals surface area contributed by atoms with E-state index in [4.69, 9.17) is 0 Å². The first-order valence-corrected chi connectivity index (χ1v) is 14.5. The molecule has 198 valence electrons. The van der Waals surface area contributed by atoms with Gasteiger partial charge < -0.3 is 34.4 Å². The number of phosphoric acid groups is 1. The van der Waals surface area contributed by atoms with E-state index in [1.54, 1.807) is 0 Å². The minimum atomic E-state index is -5.25. The fraction of sp³-hybridized carbons (Fsp3) is 0.958. The summed E-state index contributed by atoms with van der Waals surface area (Å²) in [5.41, 5.74) is 0. The summed E-state index contributed by atoms with van der Waals surface area (Å²) in [6.45, 7) is 3.53. The van der Waals surface area contributed by atoms with E-state index >= 15 is 0 Å². The summed E-state index contributed by atoms with van der Waals surface area (Å²) >= 11 is 0. The normalized spacial score (nSPS) is 14.7. The molecule has 0 aliphatic rings. The maximum atomic E-state index is 12.1. The number of aliphatic hydroxyl groups is 2. The van der Waals surface area contributed by atoms with Crippen LogP contribution in [0.15, 0.2) is 0 Å². The Morgan fingerprint density at radius 3 is 1.76 bits per heavy atom. The monoisotopic (exact) mass is 493 g/mol. The zero-order chi connectivity index (χ0) is 25.0. The number of rotatable bonds is 23. The van der Waals surface area contributed by atoms with Crippen LogP contribution in [0.1, 0.15) is 123 Å². The number of hydrogen-bond donors (Lipinski definition) is 3. The van der Waals surface area contributed by atoms with Crippen LogP contribution in [0.4, 0.5) is 0 Å². The third-order valence-corrected chi connectivity index (χ3v) is 6.39. The Hall–Kier alpha value is -0.500. The lowest BCUT2D eigenvalue weighted by molar-refractivity contribution is -0.342. The third kappa shape index (κ3) is 20.6. The van der Waals surface area contributed by atoms with Gasteiger partial charge in [-0.15, -0.1) is 0 Å². The van der Waals surface area contributed by atoms with E-state index in [1.165, 1.54) is 51.4 Å². The molecule has 3 N–H and O–H groups in total. The molecule has 1 amide bonds. The van der Waals surface area contributed by atoms with Crippen molar-refractivity contribution in [1.29, 1.82) is 0 Å². The highest BCUT2D eigenvalue weighted by Gasteiger charge is 2.28. The number of hydrogen-bond acceptors (Lipinski definition) is 7. The van der Waals surface area contributed by atoms with Crippen LogP contribution in [0.3, 0.4) is 0 Å². The first kappa shape index (κ1) is 32.5. The van der Waals surface area contributed by atoms with Crippen molar-refractivity contribution < 1.29 is 33.9 Å². The first-order valence-electron chi connectivity index (χ1n) is 13.0. The van der Waals surface area contributed by atoms with Gasteiger partial charge in [-0.3, -0.25) is 4.79 Å². The molecule has 0 aliphatic heterocycles. The summed E-state index contributed by atoms with van der Waals surface area (Å²) < 4.78 is 15.1. The predicted molar refractivity (Wildman–Crippen MR) is 127 cm³/mol. The number of aliphatic hydroxyl groups excluding tert-OH is 2. The molecule has 0 bridgehead atoms. The number of carbonyl (C=O) groups excluding carboxylic acids is 1. The van der Waals surface area contributed by atoms with Gasteiger partial charge in [0.05, 0.1) is 26.6 Å². The van der Waals surface area contributed by atoms with Crippen molar-refractivity contribution in [2.45, 2.75) is 141 Å². The van der Waals surface area contributed by atoms with Crippen molar-refractivity contribution in [3.63, 3.8) is 0 Å². The van der Waals surface area contributed by atoms with Crippen LogP contribution in [0.5, 0.6) is 0 Å². The molecule has 0 fully saturated rings. The summed E-state index contributed by atoms with van der Waals surface area (Å²) in [5.74, 6) is -0.375. The largest absolute Gasteiger partial charge is 0.790 e. The molecule has 0 rings (SSSR count). The van der Waals surface area contributed by atoms with Gasteiger partial charge in [-0.2, -0.15) is 0 Å². The Labute approximate surface area is 201 Å². The van der Waals surface area contributed by atoms with E-state index in [2.05, 4.69) is 16.8 Å². The Morgan fingerprint density at radius 2 is 1.27 bits per heavy atom. The lowest BCUT2D eigenvalue weighted by Gasteiger charge is -2.33. The number of phosphoric ester groups is 1.